The van der Waals surface area contributed by atoms with Crippen LogP contribution < -0.4 is 5.32 Å². The Bertz CT molecular complexity index is 966. The summed E-state index contributed by atoms with van der Waals surface area (Å²) in [4.78, 5) is 40.6. The Morgan fingerprint density at radius 2 is 2.04 bits per heavy atom. The van der Waals surface area contributed by atoms with Crippen LogP contribution >= 0.6 is 0 Å². The number of carboxylic acid groups (broad SMARTS) is 1. The molecule has 0 radical (unpaired) electrons. The minimum Gasteiger partial charge on any atom is -0.480 e. The van der Waals surface area contributed by atoms with Crippen LogP contribution in [0.25, 0.3) is 6.08 Å². The molecule has 0 spiro atoms. The molecule has 0 aromatic carbocycles. The van der Waals surface area contributed by atoms with Crippen LogP contribution in [0.1, 0.15) is 29.9 Å². The number of carboxylic acids is 1. The highest BCUT2D eigenvalue weighted by Crippen LogP contribution is 2.48. The van der Waals surface area contributed by atoms with Gasteiger partial charge in [0.25, 0.3) is 11.8 Å². The number of carbonyl (C=O) groups is 3. The van der Waals surface area contributed by atoms with Crippen molar-refractivity contribution in [1.29, 1.82) is 0 Å². The largest absolute Gasteiger partial charge is 0.480 e. The fraction of sp³-hybridized carbons (Fsp3) is 0.375. The van der Waals surface area contributed by atoms with Crippen molar-refractivity contribution >= 4 is 33.7 Å². The molecule has 2 atom stereocenters. The monoisotopic (exact) mass is 379 g/mol. The highest BCUT2D eigenvalue weighted by atomic mass is 32.2. The number of β-lactam (4-membered cyclic amide) rings is 1. The predicted molar refractivity (Wildman–Crippen MR) is 90.7 cm³/mol. The predicted octanol–water partition coefficient (Wildman–Crippen LogP) is -0.347. The van der Waals surface area contributed by atoms with E-state index in [1.165, 1.54) is 45.3 Å². The van der Waals surface area contributed by atoms with Gasteiger partial charge in [0.2, 0.25) is 0 Å². The molecule has 2 aliphatic heterocycles. The average Bonchev–Trinajstić information content (AvgIpc) is 2.73. The topological polar surface area (TPSA) is 134 Å². The average molecular weight is 379 g/mol. The lowest BCUT2D eigenvalue weighted by atomic mass is 9.95. The standard InChI is InChI=1S/C16H17N3O6S/c1-16(2)11(15(22)23)19-13(21)10(14(19)26(16,24)25)7-9-6-8(4-5-18-9)12(20)17-3/h4-7,11,14H,1-3H3,(H,17,20)(H,22,23)/t11-,14+/m0/s1. The molecule has 0 bridgehead atoms. The molecule has 0 aliphatic carbocycles. The minimum absolute atomic E-state index is 0.0524. The van der Waals surface area contributed by atoms with Crippen LogP contribution in [0.2, 0.25) is 0 Å². The van der Waals surface area contributed by atoms with E-state index in [2.05, 4.69) is 10.3 Å². The number of nitrogens with zero attached hydrogens (tertiary/aromatic N) is 2. The summed E-state index contributed by atoms with van der Waals surface area (Å²) >= 11 is 0. The van der Waals surface area contributed by atoms with Crippen molar-refractivity contribution in [3.8, 4) is 0 Å². The Kier molecular flexibility index (Phi) is 3.91. The Hall–Kier alpha value is -2.75. The maximum absolute atomic E-state index is 12.8. The number of hydrogen-bond donors (Lipinski definition) is 2. The lowest BCUT2D eigenvalue weighted by molar-refractivity contribution is -0.152. The summed E-state index contributed by atoms with van der Waals surface area (Å²) in [5.41, 5.74) is 0.486. The molecule has 10 heteroatoms. The minimum atomic E-state index is -3.94. The third-order valence-electron chi connectivity index (χ3n) is 4.77. The van der Waals surface area contributed by atoms with Crippen molar-refractivity contribution in [3.63, 3.8) is 0 Å². The van der Waals surface area contributed by atoms with Crippen LogP contribution in [-0.4, -0.2) is 64.4 Å². The summed E-state index contributed by atoms with van der Waals surface area (Å²) in [5, 5.41) is 10.5. The lowest BCUT2D eigenvalue weighted by Gasteiger charge is -2.37. The number of carbonyl (C=O) groups excluding carboxylic acids is 2. The summed E-state index contributed by atoms with van der Waals surface area (Å²) in [5.74, 6) is -2.38. The third-order valence-corrected chi connectivity index (χ3v) is 7.53. The number of amides is 2. The van der Waals surface area contributed by atoms with Gasteiger partial charge in [-0.2, -0.15) is 0 Å². The van der Waals surface area contributed by atoms with Crippen LogP contribution in [0.4, 0.5) is 0 Å². The van der Waals surface area contributed by atoms with E-state index < -0.39 is 37.9 Å². The second kappa shape index (κ2) is 5.63. The second-order valence-electron chi connectivity index (χ2n) is 6.60. The molecular formula is C16H17N3O6S. The molecule has 3 heterocycles. The van der Waals surface area contributed by atoms with Crippen molar-refractivity contribution < 1.29 is 27.9 Å². The van der Waals surface area contributed by atoms with Gasteiger partial charge in [-0.05, 0) is 32.1 Å². The van der Waals surface area contributed by atoms with E-state index in [4.69, 9.17) is 0 Å². The lowest BCUT2D eigenvalue weighted by Crippen LogP contribution is -2.58. The molecule has 1 aromatic heterocycles. The maximum atomic E-state index is 12.8. The number of rotatable bonds is 3. The Morgan fingerprint density at radius 3 is 2.62 bits per heavy atom. The van der Waals surface area contributed by atoms with Gasteiger partial charge in [0, 0.05) is 18.8 Å². The molecule has 1 aromatic rings. The number of pyridine rings is 1. The van der Waals surface area contributed by atoms with Gasteiger partial charge in [-0.15, -0.1) is 0 Å². The van der Waals surface area contributed by atoms with Crippen molar-refractivity contribution in [2.45, 2.75) is 30.0 Å². The first kappa shape index (κ1) is 18.1. The molecule has 138 valence electrons. The van der Waals surface area contributed by atoms with Gasteiger partial charge in [-0.3, -0.25) is 14.6 Å². The molecule has 2 N–H and O–H groups in total. The summed E-state index contributed by atoms with van der Waals surface area (Å²) < 4.78 is 23.9. The van der Waals surface area contributed by atoms with Gasteiger partial charge >= 0.3 is 5.97 Å². The first-order valence-corrected chi connectivity index (χ1v) is 9.27. The number of hydrogen-bond acceptors (Lipinski definition) is 6. The van der Waals surface area contributed by atoms with Crippen molar-refractivity contribution in [3.05, 3.63) is 35.2 Å². The maximum Gasteiger partial charge on any atom is 0.328 e. The summed E-state index contributed by atoms with van der Waals surface area (Å²) in [6, 6.07) is 1.45. The van der Waals surface area contributed by atoms with Crippen LogP contribution in [0.3, 0.4) is 0 Å². The molecule has 2 aliphatic rings. The van der Waals surface area contributed by atoms with Crippen LogP contribution in [0.15, 0.2) is 23.9 Å². The zero-order chi connectivity index (χ0) is 19.4. The Labute approximate surface area is 149 Å². The van der Waals surface area contributed by atoms with Gasteiger partial charge < -0.3 is 15.3 Å². The summed E-state index contributed by atoms with van der Waals surface area (Å²) in [7, 11) is -2.48. The smallest absolute Gasteiger partial charge is 0.328 e. The highest BCUT2D eigenvalue weighted by Gasteiger charge is 2.70. The number of sulfone groups is 1. The molecule has 0 unspecified atom stereocenters. The zero-order valence-corrected chi connectivity index (χ0v) is 15.1. The first-order valence-electron chi connectivity index (χ1n) is 7.72. The van der Waals surface area contributed by atoms with Gasteiger partial charge in [0.15, 0.2) is 21.3 Å². The van der Waals surface area contributed by atoms with E-state index >= 15 is 0 Å². The van der Waals surface area contributed by atoms with E-state index in [-0.39, 0.29) is 17.2 Å². The summed E-state index contributed by atoms with van der Waals surface area (Å²) in [6.07, 6.45) is 2.65. The van der Waals surface area contributed by atoms with Crippen LogP contribution in [0.5, 0.6) is 0 Å². The van der Waals surface area contributed by atoms with Crippen molar-refractivity contribution in [2.75, 3.05) is 7.05 Å². The van der Waals surface area contributed by atoms with Crippen LogP contribution in [0, 0.1) is 0 Å². The van der Waals surface area contributed by atoms with Crippen molar-refractivity contribution in [2.24, 2.45) is 0 Å². The Balaban J connectivity index is 2.05. The summed E-state index contributed by atoms with van der Waals surface area (Å²) in [6.45, 7) is 2.60. The zero-order valence-electron chi connectivity index (χ0n) is 14.3. The second-order valence-corrected chi connectivity index (χ2v) is 9.19. The molecule has 0 saturated carbocycles. The fourth-order valence-corrected chi connectivity index (χ4v) is 5.43. The Morgan fingerprint density at radius 1 is 1.38 bits per heavy atom. The van der Waals surface area contributed by atoms with Gasteiger partial charge in [-0.25, -0.2) is 13.2 Å². The SMILES string of the molecule is CNC(=O)c1ccnc(C=C2C(=O)N3[C@@H](C(=O)O)C(C)(C)S(=O)(=O)[C@H]23)c1. The number of fused-ring (bicyclic) bond motifs is 1. The molecule has 2 amide bonds. The van der Waals surface area contributed by atoms with E-state index in [0.717, 1.165) is 4.90 Å². The number of aromatic nitrogens is 1. The number of aliphatic carboxylic acids is 1. The van der Waals surface area contributed by atoms with E-state index in [1.807, 2.05) is 0 Å². The van der Waals surface area contributed by atoms with Crippen LogP contribution in [-0.2, 0) is 19.4 Å². The van der Waals surface area contributed by atoms with Gasteiger partial charge in [0.05, 0.1) is 11.3 Å². The normalized spacial score (nSPS) is 27.0. The quantitative estimate of drug-likeness (QED) is 0.542. The van der Waals surface area contributed by atoms with E-state index in [1.54, 1.807) is 0 Å². The molecule has 2 fully saturated rings. The van der Waals surface area contributed by atoms with Crippen molar-refractivity contribution in [1.82, 2.24) is 15.2 Å². The number of nitrogens with one attached hydrogen (secondary N) is 1. The highest BCUT2D eigenvalue weighted by molar-refractivity contribution is 7.94. The van der Waals surface area contributed by atoms with E-state index in [0.29, 0.717) is 5.56 Å². The first-order chi connectivity index (χ1) is 12.0. The molecule has 2 saturated heterocycles. The molecule has 3 rings (SSSR count). The van der Waals surface area contributed by atoms with Gasteiger partial charge in [0.1, 0.15) is 4.75 Å². The molecule has 26 heavy (non-hydrogen) atoms. The van der Waals surface area contributed by atoms with E-state index in [9.17, 15) is 27.9 Å². The molecule has 9 nitrogen and oxygen atoms in total. The fourth-order valence-electron chi connectivity index (χ4n) is 3.31. The third kappa shape index (κ3) is 2.25. The molecular weight excluding hydrogens is 362 g/mol. The van der Waals surface area contributed by atoms with Gasteiger partial charge in [-0.1, -0.05) is 0 Å².